The predicted octanol–water partition coefficient (Wildman–Crippen LogP) is 4.54. The van der Waals surface area contributed by atoms with Gasteiger partial charge in [0.1, 0.15) is 0 Å². The number of nitrogens with zero attached hydrogens (tertiary/aromatic N) is 1. The Balaban J connectivity index is 2.19. The molecule has 0 saturated carbocycles. The number of carbonyl (C=O) groups excluding carboxylic acids is 1. The maximum absolute atomic E-state index is 12.9. The highest BCUT2D eigenvalue weighted by molar-refractivity contribution is 5.83. The minimum absolute atomic E-state index is 0.117. The second-order valence-corrected chi connectivity index (χ2v) is 6.18. The second-order valence-electron chi connectivity index (χ2n) is 6.18. The van der Waals surface area contributed by atoms with E-state index in [0.717, 1.165) is 5.56 Å². The average molecular weight is 295 g/mol. The zero-order chi connectivity index (χ0) is 16.1. The molecule has 1 amide bonds. The first-order valence-electron chi connectivity index (χ1n) is 7.90. The van der Waals surface area contributed by atoms with Gasteiger partial charge in [-0.2, -0.15) is 0 Å². The lowest BCUT2D eigenvalue weighted by molar-refractivity contribution is -0.134. The van der Waals surface area contributed by atoms with E-state index < -0.39 is 0 Å². The largest absolute Gasteiger partial charge is 0.335 e. The first-order chi connectivity index (χ1) is 10.5. The van der Waals surface area contributed by atoms with E-state index in [-0.39, 0.29) is 17.9 Å². The van der Waals surface area contributed by atoms with Crippen LogP contribution in [0, 0.1) is 6.92 Å². The Labute approximate surface area is 133 Å². The Morgan fingerprint density at radius 3 is 2.27 bits per heavy atom. The number of amides is 1. The first-order valence-corrected chi connectivity index (χ1v) is 7.90. The normalized spacial score (nSPS) is 12.2. The van der Waals surface area contributed by atoms with E-state index in [2.05, 4.69) is 39.0 Å². The monoisotopic (exact) mass is 295 g/mol. The van der Waals surface area contributed by atoms with Crippen LogP contribution in [0.5, 0.6) is 0 Å². The molecule has 0 fully saturated rings. The Morgan fingerprint density at radius 1 is 1.00 bits per heavy atom. The fraction of sp³-hybridized carbons (Fsp3) is 0.350. The lowest BCUT2D eigenvalue weighted by Crippen LogP contribution is -2.39. The zero-order valence-electron chi connectivity index (χ0n) is 13.9. The fourth-order valence-corrected chi connectivity index (χ4v) is 2.66. The van der Waals surface area contributed by atoms with Crippen LogP contribution in [0.15, 0.2) is 54.6 Å². The van der Waals surface area contributed by atoms with Gasteiger partial charge in [-0.1, -0.05) is 60.2 Å². The van der Waals surface area contributed by atoms with Gasteiger partial charge in [0.05, 0.1) is 5.92 Å². The van der Waals surface area contributed by atoms with Crippen LogP contribution in [0.4, 0.5) is 0 Å². The van der Waals surface area contributed by atoms with Gasteiger partial charge in [0.15, 0.2) is 0 Å². The molecule has 2 heteroatoms. The summed E-state index contributed by atoms with van der Waals surface area (Å²) in [6, 6.07) is 18.5. The molecule has 22 heavy (non-hydrogen) atoms. The molecule has 0 aliphatic carbocycles. The van der Waals surface area contributed by atoms with Crippen LogP contribution in [0.1, 0.15) is 43.4 Å². The molecule has 0 radical (unpaired) electrons. The molecule has 116 valence electrons. The maximum atomic E-state index is 12.9. The molecule has 0 N–H and O–H groups in total. The summed E-state index contributed by atoms with van der Waals surface area (Å²) in [5.41, 5.74) is 3.48. The summed E-state index contributed by atoms with van der Waals surface area (Å²) in [6.45, 7) is 8.88. The Bertz CT molecular complexity index is 619. The Hall–Kier alpha value is -2.09. The van der Waals surface area contributed by atoms with Gasteiger partial charge in [-0.15, -0.1) is 0 Å². The highest BCUT2D eigenvalue weighted by atomic mass is 16.2. The molecule has 0 bridgehead atoms. The van der Waals surface area contributed by atoms with Crippen molar-refractivity contribution in [2.75, 3.05) is 0 Å². The maximum Gasteiger partial charge on any atom is 0.230 e. The number of rotatable bonds is 5. The fourth-order valence-electron chi connectivity index (χ4n) is 2.66. The van der Waals surface area contributed by atoms with Crippen molar-refractivity contribution in [2.45, 2.75) is 46.2 Å². The second kappa shape index (κ2) is 7.26. The molecule has 0 heterocycles. The van der Waals surface area contributed by atoms with Crippen molar-refractivity contribution in [2.24, 2.45) is 0 Å². The van der Waals surface area contributed by atoms with Crippen LogP contribution in [-0.2, 0) is 11.3 Å². The van der Waals surface area contributed by atoms with E-state index in [0.29, 0.717) is 6.54 Å². The molecule has 2 rings (SSSR count). The SMILES string of the molecule is Cc1cccc(CN(C(=O)[C@H](C)c2ccccc2)C(C)C)c1. The first kappa shape index (κ1) is 16.3. The summed E-state index contributed by atoms with van der Waals surface area (Å²) in [5, 5.41) is 0. The molecule has 0 aliphatic heterocycles. The molecule has 0 unspecified atom stereocenters. The van der Waals surface area contributed by atoms with Crippen molar-refractivity contribution in [1.29, 1.82) is 0 Å². The van der Waals surface area contributed by atoms with Crippen molar-refractivity contribution >= 4 is 5.91 Å². The van der Waals surface area contributed by atoms with Crippen LogP contribution in [0.25, 0.3) is 0 Å². The van der Waals surface area contributed by atoms with Crippen molar-refractivity contribution < 1.29 is 4.79 Å². The minimum Gasteiger partial charge on any atom is -0.335 e. The van der Waals surface area contributed by atoms with Gasteiger partial charge in [0.2, 0.25) is 5.91 Å². The quantitative estimate of drug-likeness (QED) is 0.793. The van der Waals surface area contributed by atoms with E-state index in [4.69, 9.17) is 0 Å². The van der Waals surface area contributed by atoms with Gasteiger partial charge >= 0.3 is 0 Å². The number of aryl methyl sites for hydroxylation is 1. The van der Waals surface area contributed by atoms with E-state index in [9.17, 15) is 4.79 Å². The van der Waals surface area contributed by atoms with Crippen LogP contribution in [-0.4, -0.2) is 16.8 Å². The molecule has 0 spiro atoms. The van der Waals surface area contributed by atoms with E-state index in [1.165, 1.54) is 11.1 Å². The zero-order valence-corrected chi connectivity index (χ0v) is 13.9. The molecular formula is C20H25NO. The molecule has 1 atom stereocenters. The van der Waals surface area contributed by atoms with Gasteiger partial charge in [-0.25, -0.2) is 0 Å². The third-order valence-electron chi connectivity index (χ3n) is 4.01. The summed E-state index contributed by atoms with van der Waals surface area (Å²) < 4.78 is 0. The highest BCUT2D eigenvalue weighted by Crippen LogP contribution is 2.21. The van der Waals surface area contributed by atoms with Crippen LogP contribution in [0.3, 0.4) is 0 Å². The number of hydrogen-bond donors (Lipinski definition) is 0. The standard InChI is InChI=1S/C20H25NO/c1-15(2)21(14-18-10-8-9-16(3)13-18)20(22)17(4)19-11-6-5-7-12-19/h5-13,15,17H,14H2,1-4H3/t17-/m1/s1. The van der Waals surface area contributed by atoms with Crippen LogP contribution in [0.2, 0.25) is 0 Å². The number of benzene rings is 2. The molecular weight excluding hydrogens is 270 g/mol. The van der Waals surface area contributed by atoms with Crippen molar-refractivity contribution in [3.63, 3.8) is 0 Å². The van der Waals surface area contributed by atoms with E-state index in [1.807, 2.05) is 48.2 Å². The summed E-state index contributed by atoms with van der Waals surface area (Å²) in [7, 11) is 0. The van der Waals surface area contributed by atoms with Gasteiger partial charge in [0.25, 0.3) is 0 Å². The lowest BCUT2D eigenvalue weighted by atomic mass is 9.98. The summed E-state index contributed by atoms with van der Waals surface area (Å²) in [4.78, 5) is 14.9. The van der Waals surface area contributed by atoms with Crippen molar-refractivity contribution in [3.8, 4) is 0 Å². The molecule has 0 aromatic heterocycles. The average Bonchev–Trinajstić information content (AvgIpc) is 2.52. The van der Waals surface area contributed by atoms with Crippen LogP contribution >= 0.6 is 0 Å². The molecule has 2 nitrogen and oxygen atoms in total. The highest BCUT2D eigenvalue weighted by Gasteiger charge is 2.24. The minimum atomic E-state index is -0.117. The summed E-state index contributed by atoms with van der Waals surface area (Å²) in [6.07, 6.45) is 0. The Kier molecular flexibility index (Phi) is 5.37. The summed E-state index contributed by atoms with van der Waals surface area (Å²) in [5.74, 6) is 0.0658. The molecule has 2 aromatic rings. The van der Waals surface area contributed by atoms with Crippen molar-refractivity contribution in [3.05, 3.63) is 71.3 Å². The van der Waals surface area contributed by atoms with Gasteiger partial charge in [-0.3, -0.25) is 4.79 Å². The molecule has 0 saturated heterocycles. The molecule has 0 aliphatic rings. The third kappa shape index (κ3) is 3.97. The third-order valence-corrected chi connectivity index (χ3v) is 4.01. The summed E-state index contributed by atoms with van der Waals surface area (Å²) >= 11 is 0. The van der Waals surface area contributed by atoms with E-state index >= 15 is 0 Å². The van der Waals surface area contributed by atoms with Gasteiger partial charge in [0, 0.05) is 12.6 Å². The molecule has 2 aromatic carbocycles. The van der Waals surface area contributed by atoms with Crippen LogP contribution < -0.4 is 0 Å². The van der Waals surface area contributed by atoms with E-state index in [1.54, 1.807) is 0 Å². The Morgan fingerprint density at radius 2 is 1.68 bits per heavy atom. The smallest absolute Gasteiger partial charge is 0.230 e. The lowest BCUT2D eigenvalue weighted by Gasteiger charge is -2.30. The number of hydrogen-bond acceptors (Lipinski definition) is 1. The predicted molar refractivity (Wildman–Crippen MR) is 91.7 cm³/mol. The van der Waals surface area contributed by atoms with Gasteiger partial charge in [-0.05, 0) is 38.8 Å². The van der Waals surface area contributed by atoms with Gasteiger partial charge < -0.3 is 4.90 Å². The van der Waals surface area contributed by atoms with Crippen molar-refractivity contribution in [1.82, 2.24) is 4.90 Å². The topological polar surface area (TPSA) is 20.3 Å². The number of carbonyl (C=O) groups is 1.